The quantitative estimate of drug-likeness (QED) is 0.707. The molecule has 21 heavy (non-hydrogen) atoms. The Morgan fingerprint density at radius 2 is 2.24 bits per heavy atom. The lowest BCUT2D eigenvalue weighted by molar-refractivity contribution is -0.159. The SMILES string of the molecule is O=C(O)C12COC(C(=O)NC(CO)Cc3cccs3)(C1)C2. The van der Waals surface area contributed by atoms with Gasteiger partial charge >= 0.3 is 5.97 Å². The molecule has 0 spiro atoms. The van der Waals surface area contributed by atoms with Gasteiger partial charge in [0.05, 0.1) is 24.7 Å². The van der Waals surface area contributed by atoms with Crippen molar-refractivity contribution in [1.82, 2.24) is 5.32 Å². The smallest absolute Gasteiger partial charge is 0.312 e. The molecule has 2 aliphatic heterocycles. The fourth-order valence-corrected chi connectivity index (χ4v) is 3.90. The Balaban J connectivity index is 1.61. The summed E-state index contributed by atoms with van der Waals surface area (Å²) in [6, 6.07) is 3.49. The standard InChI is InChI=1S/C14H17NO5S/c16-5-9(4-10-2-1-3-21-10)15-11(17)14-6-13(7-14,8-20-14)12(18)19/h1-3,9,16H,4-8H2,(H,15,17)(H,18,19). The third kappa shape index (κ3) is 2.35. The van der Waals surface area contributed by atoms with Gasteiger partial charge in [0, 0.05) is 24.1 Å². The molecule has 2 bridgehead atoms. The highest BCUT2D eigenvalue weighted by Gasteiger charge is 2.70. The van der Waals surface area contributed by atoms with Crippen LogP contribution in [-0.4, -0.2) is 46.9 Å². The molecule has 2 saturated heterocycles. The molecule has 3 heterocycles. The van der Waals surface area contributed by atoms with Gasteiger partial charge in [-0.25, -0.2) is 0 Å². The molecule has 1 aromatic rings. The van der Waals surface area contributed by atoms with Crippen LogP contribution >= 0.6 is 11.3 Å². The Bertz CT molecular complexity index is 550. The van der Waals surface area contributed by atoms with Gasteiger partial charge < -0.3 is 20.3 Å². The van der Waals surface area contributed by atoms with Gasteiger partial charge in [-0.05, 0) is 11.4 Å². The van der Waals surface area contributed by atoms with Crippen molar-refractivity contribution in [2.24, 2.45) is 5.41 Å². The third-order valence-corrected chi connectivity index (χ3v) is 5.22. The molecule has 3 fully saturated rings. The molecule has 7 heteroatoms. The highest BCUT2D eigenvalue weighted by Crippen LogP contribution is 2.58. The van der Waals surface area contributed by atoms with Gasteiger partial charge in [-0.3, -0.25) is 9.59 Å². The first-order valence-corrected chi connectivity index (χ1v) is 7.69. The van der Waals surface area contributed by atoms with E-state index in [2.05, 4.69) is 5.32 Å². The number of thiophene rings is 1. The lowest BCUT2D eigenvalue weighted by Crippen LogP contribution is -2.59. The van der Waals surface area contributed by atoms with Crippen molar-refractivity contribution in [1.29, 1.82) is 0 Å². The third-order valence-electron chi connectivity index (χ3n) is 4.32. The van der Waals surface area contributed by atoms with Gasteiger partial charge in [0.15, 0.2) is 0 Å². The minimum atomic E-state index is -1.01. The Labute approximate surface area is 125 Å². The van der Waals surface area contributed by atoms with Crippen LogP contribution in [0.2, 0.25) is 0 Å². The number of nitrogens with one attached hydrogen (secondary N) is 1. The van der Waals surface area contributed by atoms with E-state index in [0.717, 1.165) is 4.88 Å². The second-order valence-electron chi connectivity index (χ2n) is 5.86. The Kier molecular flexibility index (Phi) is 3.51. The van der Waals surface area contributed by atoms with Gasteiger partial charge in [0.25, 0.3) is 5.91 Å². The van der Waals surface area contributed by atoms with E-state index in [9.17, 15) is 14.7 Å². The lowest BCUT2D eigenvalue weighted by Gasteiger charge is -2.40. The number of hydrogen-bond donors (Lipinski definition) is 3. The zero-order chi connectivity index (χ0) is 15.1. The van der Waals surface area contributed by atoms with Crippen molar-refractivity contribution in [2.75, 3.05) is 13.2 Å². The Morgan fingerprint density at radius 3 is 2.76 bits per heavy atom. The van der Waals surface area contributed by atoms with Crippen LogP contribution in [0.4, 0.5) is 0 Å². The number of hydrogen-bond acceptors (Lipinski definition) is 5. The molecule has 0 aromatic carbocycles. The average Bonchev–Trinajstić information content (AvgIpc) is 3.11. The van der Waals surface area contributed by atoms with E-state index in [0.29, 0.717) is 6.42 Å². The normalized spacial score (nSPS) is 31.5. The van der Waals surface area contributed by atoms with E-state index in [1.807, 2.05) is 17.5 Å². The maximum absolute atomic E-state index is 12.3. The van der Waals surface area contributed by atoms with Crippen molar-refractivity contribution in [3.05, 3.63) is 22.4 Å². The topological polar surface area (TPSA) is 95.9 Å². The number of fused-ring (bicyclic) bond motifs is 1. The highest BCUT2D eigenvalue weighted by atomic mass is 32.1. The molecule has 0 radical (unpaired) electrons. The van der Waals surface area contributed by atoms with Crippen LogP contribution in [0.5, 0.6) is 0 Å². The number of amides is 1. The van der Waals surface area contributed by atoms with Crippen molar-refractivity contribution >= 4 is 23.2 Å². The fourth-order valence-electron chi connectivity index (χ4n) is 3.11. The van der Waals surface area contributed by atoms with Gasteiger partial charge in [0.2, 0.25) is 0 Å². The largest absolute Gasteiger partial charge is 0.481 e. The van der Waals surface area contributed by atoms with E-state index in [1.165, 1.54) is 0 Å². The first-order chi connectivity index (χ1) is 10.00. The molecular weight excluding hydrogens is 294 g/mol. The summed E-state index contributed by atoms with van der Waals surface area (Å²) >= 11 is 1.57. The number of carboxylic acid groups (broad SMARTS) is 1. The van der Waals surface area contributed by atoms with Crippen LogP contribution < -0.4 is 5.32 Å². The number of carbonyl (C=O) groups excluding carboxylic acids is 1. The number of aliphatic hydroxyl groups is 1. The van der Waals surface area contributed by atoms with Gasteiger partial charge in [-0.1, -0.05) is 6.07 Å². The molecule has 3 N–H and O–H groups in total. The number of rotatable bonds is 6. The zero-order valence-electron chi connectivity index (χ0n) is 11.4. The van der Waals surface area contributed by atoms with Crippen molar-refractivity contribution in [2.45, 2.75) is 30.9 Å². The molecule has 1 saturated carbocycles. The highest BCUT2D eigenvalue weighted by molar-refractivity contribution is 7.09. The number of carbonyl (C=O) groups is 2. The summed E-state index contributed by atoms with van der Waals surface area (Å²) in [6.07, 6.45) is 0.997. The number of aliphatic hydroxyl groups excluding tert-OH is 1. The summed E-state index contributed by atoms with van der Waals surface area (Å²) in [5, 5.41) is 23.3. The van der Waals surface area contributed by atoms with Crippen LogP contribution in [0.1, 0.15) is 17.7 Å². The minimum Gasteiger partial charge on any atom is -0.481 e. The minimum absolute atomic E-state index is 0.0878. The van der Waals surface area contributed by atoms with E-state index in [-0.39, 0.29) is 38.0 Å². The predicted octanol–water partition coefficient (Wildman–Crippen LogP) is 0.402. The summed E-state index contributed by atoms with van der Waals surface area (Å²) in [7, 11) is 0. The van der Waals surface area contributed by atoms with Crippen molar-refractivity contribution < 1.29 is 24.5 Å². The molecule has 1 aliphatic carbocycles. The molecule has 3 aliphatic rings. The number of ether oxygens (including phenoxy) is 1. The Hall–Kier alpha value is -1.44. The van der Waals surface area contributed by atoms with E-state index >= 15 is 0 Å². The van der Waals surface area contributed by atoms with Crippen LogP contribution in [0.15, 0.2) is 17.5 Å². The Morgan fingerprint density at radius 1 is 1.48 bits per heavy atom. The molecular formula is C14H17NO5S. The summed E-state index contributed by atoms with van der Waals surface area (Å²) in [4.78, 5) is 24.6. The van der Waals surface area contributed by atoms with Crippen LogP contribution in [0.25, 0.3) is 0 Å². The summed E-state index contributed by atoms with van der Waals surface area (Å²) in [5.74, 6) is -1.21. The molecule has 1 atom stereocenters. The van der Waals surface area contributed by atoms with E-state index < -0.39 is 17.0 Å². The maximum Gasteiger partial charge on any atom is 0.312 e. The average molecular weight is 311 g/mol. The monoisotopic (exact) mass is 311 g/mol. The van der Waals surface area contributed by atoms with Crippen LogP contribution in [-0.2, 0) is 20.7 Å². The molecule has 1 amide bonds. The van der Waals surface area contributed by atoms with Crippen molar-refractivity contribution in [3.8, 4) is 0 Å². The maximum atomic E-state index is 12.3. The van der Waals surface area contributed by atoms with Gasteiger partial charge in [-0.15, -0.1) is 11.3 Å². The molecule has 4 rings (SSSR count). The zero-order valence-corrected chi connectivity index (χ0v) is 12.2. The first kappa shape index (κ1) is 14.5. The van der Waals surface area contributed by atoms with Crippen LogP contribution in [0.3, 0.4) is 0 Å². The summed E-state index contributed by atoms with van der Waals surface area (Å²) < 4.78 is 5.45. The van der Waals surface area contributed by atoms with E-state index in [1.54, 1.807) is 11.3 Å². The van der Waals surface area contributed by atoms with Crippen molar-refractivity contribution in [3.63, 3.8) is 0 Å². The fraction of sp³-hybridized carbons (Fsp3) is 0.571. The molecule has 1 aromatic heterocycles. The van der Waals surface area contributed by atoms with Crippen LogP contribution in [0, 0.1) is 5.41 Å². The predicted molar refractivity (Wildman–Crippen MR) is 75.0 cm³/mol. The molecule has 6 nitrogen and oxygen atoms in total. The second-order valence-corrected chi connectivity index (χ2v) is 6.89. The first-order valence-electron chi connectivity index (χ1n) is 6.81. The lowest BCUT2D eigenvalue weighted by atomic mass is 9.62. The van der Waals surface area contributed by atoms with Gasteiger partial charge in [0.1, 0.15) is 5.60 Å². The van der Waals surface area contributed by atoms with E-state index in [4.69, 9.17) is 9.84 Å². The summed E-state index contributed by atoms with van der Waals surface area (Å²) in [6.45, 7) is -0.0751. The number of carboxylic acids is 1. The molecule has 114 valence electrons. The second kappa shape index (κ2) is 5.08. The molecule has 1 unspecified atom stereocenters. The van der Waals surface area contributed by atoms with Gasteiger partial charge in [-0.2, -0.15) is 0 Å². The summed E-state index contributed by atoms with van der Waals surface area (Å²) in [5.41, 5.74) is -1.90. The number of aliphatic carboxylic acids is 1.